The molecule has 0 spiro atoms. The van der Waals surface area contributed by atoms with E-state index in [1.165, 1.54) is 0 Å². The van der Waals surface area contributed by atoms with Gasteiger partial charge in [0.05, 0.1) is 17.5 Å². The Morgan fingerprint density at radius 2 is 2.05 bits per heavy atom. The summed E-state index contributed by atoms with van der Waals surface area (Å²) in [7, 11) is 0. The van der Waals surface area contributed by atoms with Gasteiger partial charge in [0.15, 0.2) is 0 Å². The summed E-state index contributed by atoms with van der Waals surface area (Å²) >= 11 is 0. The van der Waals surface area contributed by atoms with Crippen molar-refractivity contribution >= 4 is 22.8 Å². The fourth-order valence-corrected chi connectivity index (χ4v) is 2.81. The van der Waals surface area contributed by atoms with Crippen LogP contribution in [0.1, 0.15) is 36.0 Å². The molecule has 0 unspecified atom stereocenters. The fraction of sp³-hybridized carbons (Fsp3) is 0.333. The second kappa shape index (κ2) is 4.67. The first-order chi connectivity index (χ1) is 9.60. The summed E-state index contributed by atoms with van der Waals surface area (Å²) < 4.78 is 0. The van der Waals surface area contributed by atoms with Crippen LogP contribution < -0.4 is 5.32 Å². The van der Waals surface area contributed by atoms with Gasteiger partial charge in [0.2, 0.25) is 0 Å². The van der Waals surface area contributed by atoms with Crippen LogP contribution in [0.2, 0.25) is 0 Å². The Kier molecular flexibility index (Phi) is 2.97. The Morgan fingerprint density at radius 1 is 1.30 bits per heavy atom. The molecule has 0 aliphatic heterocycles. The summed E-state index contributed by atoms with van der Waals surface area (Å²) in [4.78, 5) is 26.4. The maximum absolute atomic E-state index is 12.4. The van der Waals surface area contributed by atoms with Crippen LogP contribution in [0.25, 0.3) is 10.9 Å². The number of carboxylic acid groups (broad SMARTS) is 1. The first-order valence-corrected chi connectivity index (χ1v) is 6.70. The van der Waals surface area contributed by atoms with E-state index in [0.29, 0.717) is 5.56 Å². The number of aromatic nitrogens is 1. The summed E-state index contributed by atoms with van der Waals surface area (Å²) in [6, 6.07) is 7.57. The fourth-order valence-electron chi connectivity index (χ4n) is 2.81. The molecule has 3 rings (SSSR count). The van der Waals surface area contributed by atoms with Crippen LogP contribution in [-0.4, -0.2) is 27.5 Å². The number of rotatable bonds is 4. The van der Waals surface area contributed by atoms with E-state index in [1.54, 1.807) is 6.20 Å². The molecule has 1 heterocycles. The molecule has 1 aromatic carbocycles. The second-order valence-electron chi connectivity index (χ2n) is 5.41. The molecule has 20 heavy (non-hydrogen) atoms. The number of amides is 1. The lowest BCUT2D eigenvalue weighted by molar-refractivity contribution is -0.139. The lowest BCUT2D eigenvalue weighted by atomic mass is 9.74. The van der Waals surface area contributed by atoms with Crippen molar-refractivity contribution in [3.63, 3.8) is 0 Å². The number of carboxylic acids is 1. The number of aromatic amines is 1. The van der Waals surface area contributed by atoms with E-state index in [0.717, 1.165) is 30.2 Å². The molecule has 1 aliphatic rings. The van der Waals surface area contributed by atoms with E-state index in [2.05, 4.69) is 10.3 Å². The molecule has 1 fully saturated rings. The number of carbonyl (C=O) groups is 2. The Hall–Kier alpha value is -2.30. The van der Waals surface area contributed by atoms with Crippen molar-refractivity contribution in [3.8, 4) is 0 Å². The van der Waals surface area contributed by atoms with E-state index >= 15 is 0 Å². The van der Waals surface area contributed by atoms with Crippen molar-refractivity contribution in [2.24, 2.45) is 0 Å². The summed E-state index contributed by atoms with van der Waals surface area (Å²) in [6.07, 6.45) is 4.08. The molecule has 0 bridgehead atoms. The molecule has 2 aromatic rings. The highest BCUT2D eigenvalue weighted by Gasteiger charge is 2.40. The smallest absolute Gasteiger partial charge is 0.305 e. The van der Waals surface area contributed by atoms with Crippen molar-refractivity contribution < 1.29 is 14.7 Å². The molecular formula is C15H16N2O3. The monoisotopic (exact) mass is 272 g/mol. The average Bonchev–Trinajstić information content (AvgIpc) is 2.79. The number of fused-ring (bicyclic) bond motifs is 1. The molecule has 1 aliphatic carbocycles. The molecule has 1 amide bonds. The maximum atomic E-state index is 12.4. The Morgan fingerprint density at radius 3 is 2.70 bits per heavy atom. The van der Waals surface area contributed by atoms with Gasteiger partial charge in [-0.2, -0.15) is 0 Å². The van der Waals surface area contributed by atoms with E-state index in [4.69, 9.17) is 5.11 Å². The molecule has 1 saturated carbocycles. The zero-order valence-electron chi connectivity index (χ0n) is 11.0. The average molecular weight is 272 g/mol. The van der Waals surface area contributed by atoms with Crippen LogP contribution in [0.3, 0.4) is 0 Å². The van der Waals surface area contributed by atoms with Crippen molar-refractivity contribution in [1.29, 1.82) is 0 Å². The molecule has 1 aromatic heterocycles. The molecule has 5 nitrogen and oxygen atoms in total. The molecule has 3 N–H and O–H groups in total. The van der Waals surface area contributed by atoms with Crippen LogP contribution in [0.15, 0.2) is 30.5 Å². The Labute approximate surface area is 116 Å². The number of hydrogen-bond donors (Lipinski definition) is 3. The van der Waals surface area contributed by atoms with Crippen LogP contribution in [0.5, 0.6) is 0 Å². The van der Waals surface area contributed by atoms with Gasteiger partial charge in [-0.15, -0.1) is 0 Å². The molecular weight excluding hydrogens is 256 g/mol. The number of H-pyrrole nitrogens is 1. The van der Waals surface area contributed by atoms with Gasteiger partial charge in [0, 0.05) is 17.1 Å². The van der Waals surface area contributed by atoms with Crippen LogP contribution in [0.4, 0.5) is 0 Å². The third-order valence-corrected chi connectivity index (χ3v) is 4.01. The van der Waals surface area contributed by atoms with Gasteiger partial charge in [-0.25, -0.2) is 0 Å². The first-order valence-electron chi connectivity index (χ1n) is 6.70. The minimum absolute atomic E-state index is 0.0128. The number of aliphatic carboxylic acids is 1. The van der Waals surface area contributed by atoms with Crippen LogP contribution >= 0.6 is 0 Å². The summed E-state index contributed by atoms with van der Waals surface area (Å²) in [5.41, 5.74) is 0.900. The highest BCUT2D eigenvalue weighted by atomic mass is 16.4. The van der Waals surface area contributed by atoms with Crippen LogP contribution in [0, 0.1) is 0 Å². The molecule has 0 atom stereocenters. The normalized spacial score (nSPS) is 16.6. The largest absolute Gasteiger partial charge is 0.481 e. The van der Waals surface area contributed by atoms with E-state index in [-0.39, 0.29) is 12.3 Å². The van der Waals surface area contributed by atoms with E-state index in [9.17, 15) is 9.59 Å². The van der Waals surface area contributed by atoms with Crippen molar-refractivity contribution in [3.05, 3.63) is 36.0 Å². The zero-order chi connectivity index (χ0) is 14.2. The Bertz CT molecular complexity index is 671. The van der Waals surface area contributed by atoms with Crippen LogP contribution in [-0.2, 0) is 4.79 Å². The standard InChI is InChI=1S/C15H16N2O3/c18-13(19)8-15(6-3-7-15)17-14(20)11-9-16-12-5-2-1-4-10(11)12/h1-2,4-5,9,16H,3,6-8H2,(H,17,20)(H,18,19). The van der Waals surface area contributed by atoms with Gasteiger partial charge in [0.25, 0.3) is 5.91 Å². The predicted octanol–water partition coefficient (Wildman–Crippen LogP) is 2.30. The molecule has 104 valence electrons. The van der Waals surface area contributed by atoms with Gasteiger partial charge in [-0.05, 0) is 25.3 Å². The lowest BCUT2D eigenvalue weighted by Gasteiger charge is -2.41. The van der Waals surface area contributed by atoms with Gasteiger partial charge in [-0.3, -0.25) is 9.59 Å². The summed E-state index contributed by atoms with van der Waals surface area (Å²) in [6.45, 7) is 0. The number of carbonyl (C=O) groups excluding carboxylic acids is 1. The SMILES string of the molecule is O=C(O)CC1(NC(=O)c2c[nH]c3ccccc23)CCC1. The summed E-state index contributed by atoms with van der Waals surface area (Å²) in [5, 5.41) is 12.7. The molecule has 5 heteroatoms. The quantitative estimate of drug-likeness (QED) is 0.798. The van der Waals surface area contributed by atoms with Gasteiger partial charge >= 0.3 is 5.97 Å². The third kappa shape index (κ3) is 2.15. The van der Waals surface area contributed by atoms with Crippen molar-refractivity contribution in [2.75, 3.05) is 0 Å². The maximum Gasteiger partial charge on any atom is 0.305 e. The first kappa shape index (κ1) is 12.7. The zero-order valence-corrected chi connectivity index (χ0v) is 11.0. The third-order valence-electron chi connectivity index (χ3n) is 4.01. The van der Waals surface area contributed by atoms with Gasteiger partial charge in [0.1, 0.15) is 0 Å². The number of nitrogens with one attached hydrogen (secondary N) is 2. The number of para-hydroxylation sites is 1. The number of benzene rings is 1. The minimum Gasteiger partial charge on any atom is -0.481 e. The van der Waals surface area contributed by atoms with Gasteiger partial charge in [-0.1, -0.05) is 18.2 Å². The van der Waals surface area contributed by atoms with E-state index < -0.39 is 11.5 Å². The van der Waals surface area contributed by atoms with Gasteiger partial charge < -0.3 is 15.4 Å². The molecule has 0 radical (unpaired) electrons. The topological polar surface area (TPSA) is 82.2 Å². The molecule has 0 saturated heterocycles. The van der Waals surface area contributed by atoms with Crippen molar-refractivity contribution in [2.45, 2.75) is 31.2 Å². The van der Waals surface area contributed by atoms with E-state index in [1.807, 2.05) is 24.3 Å². The highest BCUT2D eigenvalue weighted by Crippen LogP contribution is 2.35. The highest BCUT2D eigenvalue weighted by molar-refractivity contribution is 6.07. The summed E-state index contributed by atoms with van der Waals surface area (Å²) in [5.74, 6) is -1.08. The predicted molar refractivity (Wildman–Crippen MR) is 74.6 cm³/mol. The minimum atomic E-state index is -0.871. The number of hydrogen-bond acceptors (Lipinski definition) is 2. The van der Waals surface area contributed by atoms with Crippen molar-refractivity contribution in [1.82, 2.24) is 10.3 Å². The Balaban J connectivity index is 1.84. The lowest BCUT2D eigenvalue weighted by Crippen LogP contribution is -2.54. The second-order valence-corrected chi connectivity index (χ2v) is 5.41.